The number of hydrogen-bond acceptors (Lipinski definition) is 10. The standard InChI is InChI=1S/C33H38N10O2/c1-20-15-26(6-7-27(20)23-9-12-42(4)13-10-23)38-33-36-19-35-30(39-33)24-5-8-29(25(16-24)17-34)45-28-11-14-43(18-21(28)2)32(44)31-37-22(3)40-41-31/h5-8,15-16,19,21,23,28H,9-14,18H2,1-4H3,(H,37,40,41)(H,35,36,38,39)/t21-,28+/m1/s1. The molecule has 2 aromatic carbocycles. The normalized spacial score (nSPS) is 19.2. The number of hydrogen-bond donors (Lipinski definition) is 2. The number of carbonyl (C=O) groups excluding carboxylic acids is 1. The Morgan fingerprint density at radius 3 is 2.60 bits per heavy atom. The van der Waals surface area contributed by atoms with Gasteiger partial charge in [-0.1, -0.05) is 13.0 Å². The number of aromatic nitrogens is 6. The zero-order valence-electron chi connectivity index (χ0n) is 26.1. The van der Waals surface area contributed by atoms with Crippen molar-refractivity contribution < 1.29 is 9.53 Å². The molecule has 2 fully saturated rings. The van der Waals surface area contributed by atoms with Crippen LogP contribution in [0, 0.1) is 31.1 Å². The third-order valence-electron chi connectivity index (χ3n) is 8.80. The highest BCUT2D eigenvalue weighted by Gasteiger charge is 2.32. The van der Waals surface area contributed by atoms with Gasteiger partial charge in [0, 0.05) is 36.7 Å². The van der Waals surface area contributed by atoms with Crippen molar-refractivity contribution in [3.05, 3.63) is 71.1 Å². The van der Waals surface area contributed by atoms with E-state index in [1.807, 2.05) is 13.0 Å². The van der Waals surface area contributed by atoms with Crippen LogP contribution < -0.4 is 10.1 Å². The molecule has 2 aromatic heterocycles. The number of aromatic amines is 1. The Labute approximate surface area is 262 Å². The van der Waals surface area contributed by atoms with Gasteiger partial charge in [0.25, 0.3) is 5.91 Å². The number of likely N-dealkylation sites (tertiary alicyclic amines) is 2. The summed E-state index contributed by atoms with van der Waals surface area (Å²) in [5.41, 5.74) is 4.67. The number of H-pyrrole nitrogens is 1. The van der Waals surface area contributed by atoms with Gasteiger partial charge in [-0.2, -0.15) is 10.2 Å². The van der Waals surface area contributed by atoms with E-state index in [0.717, 1.165) is 18.8 Å². The zero-order chi connectivity index (χ0) is 31.5. The summed E-state index contributed by atoms with van der Waals surface area (Å²) in [5.74, 6) is 2.60. The van der Waals surface area contributed by atoms with Crippen molar-refractivity contribution in [3.63, 3.8) is 0 Å². The predicted molar refractivity (Wildman–Crippen MR) is 169 cm³/mol. The quantitative estimate of drug-likeness (QED) is 0.305. The molecule has 0 aliphatic carbocycles. The molecule has 6 rings (SSSR count). The minimum Gasteiger partial charge on any atom is -0.489 e. The van der Waals surface area contributed by atoms with E-state index in [9.17, 15) is 10.1 Å². The SMILES string of the molecule is Cc1nc(C(=O)N2CC[C@H](Oc3ccc(-c4ncnc(Nc5ccc(C6CCN(C)CC6)c(C)c5)n4)cc3C#N)[C@H](C)C2)n[nH]1. The first-order valence-corrected chi connectivity index (χ1v) is 15.4. The highest BCUT2D eigenvalue weighted by Crippen LogP contribution is 2.32. The van der Waals surface area contributed by atoms with Gasteiger partial charge in [-0.05, 0) is 94.2 Å². The van der Waals surface area contributed by atoms with Gasteiger partial charge in [0.05, 0.1) is 5.56 Å². The predicted octanol–water partition coefficient (Wildman–Crippen LogP) is 4.63. The third-order valence-corrected chi connectivity index (χ3v) is 8.80. The van der Waals surface area contributed by atoms with Crippen molar-refractivity contribution in [2.45, 2.75) is 52.1 Å². The molecule has 2 aliphatic heterocycles. The first-order chi connectivity index (χ1) is 21.8. The monoisotopic (exact) mass is 606 g/mol. The van der Waals surface area contributed by atoms with Gasteiger partial charge in [-0.3, -0.25) is 9.89 Å². The maximum atomic E-state index is 12.8. The van der Waals surface area contributed by atoms with Gasteiger partial charge >= 0.3 is 0 Å². The molecular formula is C33H38N10O2. The second-order valence-corrected chi connectivity index (χ2v) is 12.1. The number of benzene rings is 2. The van der Waals surface area contributed by atoms with E-state index in [2.05, 4.69) is 78.6 Å². The number of nitrogens with zero attached hydrogens (tertiary/aromatic N) is 8. The lowest BCUT2D eigenvalue weighted by atomic mass is 9.87. The Kier molecular flexibility index (Phi) is 8.71. The van der Waals surface area contributed by atoms with E-state index in [1.165, 1.54) is 30.3 Å². The first kappa shape index (κ1) is 30.1. The van der Waals surface area contributed by atoms with Crippen molar-refractivity contribution in [1.29, 1.82) is 5.26 Å². The molecule has 2 atom stereocenters. The van der Waals surface area contributed by atoms with E-state index in [4.69, 9.17) is 4.74 Å². The minimum atomic E-state index is -0.197. The Bertz CT molecular complexity index is 1720. The van der Waals surface area contributed by atoms with E-state index in [1.54, 1.807) is 24.0 Å². The number of rotatable bonds is 7. The molecule has 4 aromatic rings. The summed E-state index contributed by atoms with van der Waals surface area (Å²) >= 11 is 0. The topological polar surface area (TPSA) is 149 Å². The zero-order valence-corrected chi connectivity index (χ0v) is 26.1. The molecular weight excluding hydrogens is 568 g/mol. The second-order valence-electron chi connectivity index (χ2n) is 12.1. The molecule has 1 amide bonds. The lowest BCUT2D eigenvalue weighted by Gasteiger charge is -2.36. The summed E-state index contributed by atoms with van der Waals surface area (Å²) in [6, 6.07) is 14.1. The number of aryl methyl sites for hydroxylation is 2. The highest BCUT2D eigenvalue weighted by molar-refractivity contribution is 5.90. The van der Waals surface area contributed by atoms with Crippen molar-refractivity contribution in [2.75, 3.05) is 38.5 Å². The number of amides is 1. The third kappa shape index (κ3) is 6.78. The number of anilines is 2. The van der Waals surface area contributed by atoms with Crippen LogP contribution in [0.5, 0.6) is 5.75 Å². The maximum Gasteiger partial charge on any atom is 0.293 e. The molecule has 2 aliphatic rings. The number of nitrogens with one attached hydrogen (secondary N) is 2. The molecule has 4 heterocycles. The Morgan fingerprint density at radius 2 is 1.89 bits per heavy atom. The molecule has 0 unspecified atom stereocenters. The summed E-state index contributed by atoms with van der Waals surface area (Å²) in [5, 5.41) is 20.0. The van der Waals surface area contributed by atoms with Crippen LogP contribution in [0.15, 0.2) is 42.7 Å². The summed E-state index contributed by atoms with van der Waals surface area (Å²) in [7, 11) is 2.18. The van der Waals surface area contributed by atoms with Gasteiger partial charge in [0.2, 0.25) is 11.8 Å². The number of ether oxygens (including phenoxy) is 1. The fourth-order valence-electron chi connectivity index (χ4n) is 6.24. The number of carbonyl (C=O) groups is 1. The van der Waals surface area contributed by atoms with E-state index in [0.29, 0.717) is 59.9 Å². The van der Waals surface area contributed by atoms with Crippen molar-refractivity contribution in [3.8, 4) is 23.2 Å². The van der Waals surface area contributed by atoms with Crippen LogP contribution in [0.4, 0.5) is 11.6 Å². The molecule has 0 spiro atoms. The molecule has 2 saturated heterocycles. The van der Waals surface area contributed by atoms with E-state index < -0.39 is 0 Å². The minimum absolute atomic E-state index is 0.0493. The van der Waals surface area contributed by atoms with E-state index >= 15 is 0 Å². The summed E-state index contributed by atoms with van der Waals surface area (Å²) in [6.07, 6.45) is 4.31. The van der Waals surface area contributed by atoms with Crippen molar-refractivity contribution in [2.24, 2.45) is 5.92 Å². The summed E-state index contributed by atoms with van der Waals surface area (Å²) in [6.45, 7) is 9.25. The smallest absolute Gasteiger partial charge is 0.293 e. The highest BCUT2D eigenvalue weighted by atomic mass is 16.5. The van der Waals surface area contributed by atoms with Gasteiger partial charge in [-0.15, -0.1) is 5.10 Å². The Balaban J connectivity index is 1.11. The fourth-order valence-corrected chi connectivity index (χ4v) is 6.24. The van der Waals surface area contributed by atoms with E-state index in [-0.39, 0.29) is 23.8 Å². The molecule has 12 heteroatoms. The molecule has 232 valence electrons. The summed E-state index contributed by atoms with van der Waals surface area (Å²) in [4.78, 5) is 34.4. The molecule has 12 nitrogen and oxygen atoms in total. The van der Waals surface area contributed by atoms with Crippen LogP contribution >= 0.6 is 0 Å². The van der Waals surface area contributed by atoms with Crippen LogP contribution in [-0.2, 0) is 0 Å². The first-order valence-electron chi connectivity index (χ1n) is 15.4. The van der Waals surface area contributed by atoms with Crippen LogP contribution in [-0.4, -0.2) is 85.2 Å². The molecule has 0 saturated carbocycles. The number of piperidine rings is 2. The van der Waals surface area contributed by atoms with Crippen LogP contribution in [0.25, 0.3) is 11.4 Å². The van der Waals surface area contributed by atoms with Gasteiger partial charge in [0.1, 0.15) is 30.1 Å². The lowest BCUT2D eigenvalue weighted by molar-refractivity contribution is 0.0389. The second kappa shape index (κ2) is 13.0. The van der Waals surface area contributed by atoms with Gasteiger partial charge in [-0.25, -0.2) is 15.0 Å². The van der Waals surface area contributed by atoms with Crippen LogP contribution in [0.3, 0.4) is 0 Å². The van der Waals surface area contributed by atoms with Crippen LogP contribution in [0.1, 0.15) is 65.2 Å². The number of nitriles is 1. The largest absolute Gasteiger partial charge is 0.489 e. The Morgan fingerprint density at radius 1 is 1.07 bits per heavy atom. The van der Waals surface area contributed by atoms with Gasteiger partial charge in [0.15, 0.2) is 5.82 Å². The molecule has 0 bridgehead atoms. The Hall–Kier alpha value is -4.89. The average molecular weight is 607 g/mol. The fraction of sp³-hybridized carbons (Fsp3) is 0.424. The summed E-state index contributed by atoms with van der Waals surface area (Å²) < 4.78 is 6.33. The molecule has 45 heavy (non-hydrogen) atoms. The van der Waals surface area contributed by atoms with Crippen LogP contribution in [0.2, 0.25) is 0 Å². The molecule has 2 N–H and O–H groups in total. The maximum absolute atomic E-state index is 12.8. The van der Waals surface area contributed by atoms with Crippen molar-refractivity contribution in [1.82, 2.24) is 39.9 Å². The van der Waals surface area contributed by atoms with Gasteiger partial charge < -0.3 is 19.9 Å². The average Bonchev–Trinajstić information content (AvgIpc) is 3.48. The van der Waals surface area contributed by atoms with Crippen molar-refractivity contribution >= 4 is 17.5 Å². The lowest BCUT2D eigenvalue weighted by Crippen LogP contribution is -2.47. The molecule has 0 radical (unpaired) electrons.